The van der Waals surface area contributed by atoms with E-state index in [4.69, 9.17) is 58.0 Å². The van der Waals surface area contributed by atoms with Gasteiger partial charge in [0.25, 0.3) is 11.8 Å². The van der Waals surface area contributed by atoms with Crippen LogP contribution >= 0.6 is 58.0 Å². The summed E-state index contributed by atoms with van der Waals surface area (Å²) in [5.41, 5.74) is -1.40. The van der Waals surface area contributed by atoms with Crippen molar-refractivity contribution in [1.82, 2.24) is 0 Å². The van der Waals surface area contributed by atoms with Crippen LogP contribution in [0.15, 0.2) is 48.5 Å². The van der Waals surface area contributed by atoms with Crippen LogP contribution in [0, 0.1) is 17.6 Å². The molecule has 1 saturated carbocycles. The third kappa shape index (κ3) is 7.49. The number of nitrogens with one attached hydrogen (secondary N) is 3. The van der Waals surface area contributed by atoms with Crippen molar-refractivity contribution in [3.05, 3.63) is 86.4 Å². The van der Waals surface area contributed by atoms with Crippen molar-refractivity contribution in [2.45, 2.75) is 29.6 Å². The van der Waals surface area contributed by atoms with Gasteiger partial charge in [0.05, 0.1) is 32.2 Å². The first-order chi connectivity index (χ1) is 20.4. The zero-order chi connectivity index (χ0) is 32.7. The van der Waals surface area contributed by atoms with E-state index in [-0.39, 0.29) is 21.3 Å². The van der Waals surface area contributed by atoms with Crippen molar-refractivity contribution in [3.63, 3.8) is 0 Å². The molecular formula is C27H17Cl5F5N3O4. The third-order valence-corrected chi connectivity index (χ3v) is 8.39. The predicted molar refractivity (Wildman–Crippen MR) is 157 cm³/mol. The topological polar surface area (TPSA) is 96.5 Å². The number of halogens is 10. The zero-order valence-corrected chi connectivity index (χ0v) is 25.5. The quantitative estimate of drug-likeness (QED) is 0.161. The van der Waals surface area contributed by atoms with Gasteiger partial charge in [0.15, 0.2) is 5.82 Å². The summed E-state index contributed by atoms with van der Waals surface area (Å²) in [4.78, 5) is 38.0. The normalized spacial score (nSPS) is 17.9. The fourth-order valence-electron chi connectivity index (χ4n) is 4.20. The lowest BCUT2D eigenvalue weighted by Gasteiger charge is -2.17. The van der Waals surface area contributed by atoms with Crippen LogP contribution < -0.4 is 16.0 Å². The maximum atomic E-state index is 15.1. The van der Waals surface area contributed by atoms with Crippen LogP contribution in [0.2, 0.25) is 15.1 Å². The highest BCUT2D eigenvalue weighted by Crippen LogP contribution is 2.65. The molecule has 0 aromatic heterocycles. The summed E-state index contributed by atoms with van der Waals surface area (Å²) in [6, 6.07) is 9.96. The van der Waals surface area contributed by atoms with E-state index in [1.54, 1.807) is 11.4 Å². The lowest BCUT2D eigenvalue weighted by molar-refractivity contribution is -0.335. The largest absolute Gasteiger partial charge is 0.523 e. The average Bonchev–Trinajstić information content (AvgIpc) is 3.51. The van der Waals surface area contributed by atoms with Gasteiger partial charge in [0.1, 0.15) is 21.9 Å². The SMILES string of the molecule is CC(OC(F)(F)F)C(=O)Nc1c(F)ccc(NC(=O)c2cc(NC(=O)[C@H]3[C@H](c4ccc(Cl)c(Cl)c4)C3(Cl)Cl)ccc2Cl)c1F. The molecule has 4 rings (SSSR count). The second-order valence-corrected chi connectivity index (χ2v) is 12.1. The molecule has 0 radical (unpaired) electrons. The van der Waals surface area contributed by atoms with Gasteiger partial charge in [-0.25, -0.2) is 8.78 Å². The number of rotatable bonds is 8. The Morgan fingerprint density at radius 1 is 0.886 bits per heavy atom. The number of alkyl halides is 5. The lowest BCUT2D eigenvalue weighted by Crippen LogP contribution is -2.33. The average molecular weight is 720 g/mol. The molecule has 1 aliphatic rings. The maximum Gasteiger partial charge on any atom is 0.523 e. The van der Waals surface area contributed by atoms with Gasteiger partial charge in [-0.3, -0.25) is 19.1 Å². The first kappa shape index (κ1) is 34.0. The monoisotopic (exact) mass is 717 g/mol. The second kappa shape index (κ2) is 12.9. The van der Waals surface area contributed by atoms with E-state index < -0.39 is 69.4 Å². The Bertz CT molecular complexity index is 1660. The van der Waals surface area contributed by atoms with E-state index in [0.717, 1.165) is 19.1 Å². The van der Waals surface area contributed by atoms with Gasteiger partial charge in [0.2, 0.25) is 5.91 Å². The van der Waals surface area contributed by atoms with Crippen LogP contribution in [0.25, 0.3) is 0 Å². The zero-order valence-electron chi connectivity index (χ0n) is 21.8. The Balaban J connectivity index is 1.49. The molecule has 3 N–H and O–H groups in total. The molecule has 1 unspecified atom stereocenters. The van der Waals surface area contributed by atoms with Gasteiger partial charge in [0, 0.05) is 11.6 Å². The summed E-state index contributed by atoms with van der Waals surface area (Å²) in [6.45, 7) is 0.717. The molecule has 234 valence electrons. The molecule has 3 aromatic carbocycles. The number of benzene rings is 3. The van der Waals surface area contributed by atoms with Crippen molar-refractivity contribution in [1.29, 1.82) is 0 Å². The van der Waals surface area contributed by atoms with E-state index in [0.29, 0.717) is 16.7 Å². The molecule has 7 nitrogen and oxygen atoms in total. The Labute approximate surface area is 270 Å². The fourth-order valence-corrected chi connectivity index (χ4v) is 5.54. The molecule has 17 heteroatoms. The number of hydrogen-bond donors (Lipinski definition) is 3. The van der Waals surface area contributed by atoms with E-state index in [1.165, 1.54) is 24.3 Å². The number of amides is 3. The van der Waals surface area contributed by atoms with Gasteiger partial charge in [-0.05, 0) is 55.0 Å². The van der Waals surface area contributed by atoms with Crippen molar-refractivity contribution < 1.29 is 41.1 Å². The molecule has 1 aliphatic carbocycles. The summed E-state index contributed by atoms with van der Waals surface area (Å²) in [5.74, 6) is -7.53. The van der Waals surface area contributed by atoms with Gasteiger partial charge in [-0.15, -0.1) is 36.4 Å². The smallest absolute Gasteiger partial charge is 0.326 e. The Kier molecular flexibility index (Phi) is 9.94. The second-order valence-electron chi connectivity index (χ2n) is 9.42. The first-order valence-electron chi connectivity index (χ1n) is 12.2. The minimum atomic E-state index is -5.18. The molecule has 0 bridgehead atoms. The molecule has 44 heavy (non-hydrogen) atoms. The Morgan fingerprint density at radius 2 is 1.55 bits per heavy atom. The summed E-state index contributed by atoms with van der Waals surface area (Å²) < 4.78 is 68.6. The molecule has 1 fully saturated rings. The van der Waals surface area contributed by atoms with Crippen LogP contribution in [0.1, 0.15) is 28.8 Å². The number of anilines is 3. The fraction of sp³-hybridized carbons (Fsp3) is 0.222. The van der Waals surface area contributed by atoms with Gasteiger partial charge in [-0.2, -0.15) is 0 Å². The highest BCUT2D eigenvalue weighted by atomic mass is 35.5. The molecule has 0 spiro atoms. The lowest BCUT2D eigenvalue weighted by atomic mass is 10.1. The van der Waals surface area contributed by atoms with Crippen LogP contribution in [0.3, 0.4) is 0 Å². The highest BCUT2D eigenvalue weighted by molar-refractivity contribution is 6.53. The summed E-state index contributed by atoms with van der Waals surface area (Å²) in [5, 5.41) is 6.79. The number of ether oxygens (including phenoxy) is 1. The van der Waals surface area contributed by atoms with Crippen molar-refractivity contribution in [3.8, 4) is 0 Å². The Morgan fingerprint density at radius 3 is 2.18 bits per heavy atom. The van der Waals surface area contributed by atoms with E-state index in [1.807, 2.05) is 0 Å². The first-order valence-corrected chi connectivity index (χ1v) is 14.1. The van der Waals surface area contributed by atoms with E-state index >= 15 is 4.39 Å². The van der Waals surface area contributed by atoms with Crippen LogP contribution in [-0.4, -0.2) is 34.5 Å². The van der Waals surface area contributed by atoms with Crippen LogP contribution in [0.4, 0.5) is 39.0 Å². The van der Waals surface area contributed by atoms with E-state index in [2.05, 4.69) is 15.4 Å². The minimum Gasteiger partial charge on any atom is -0.326 e. The molecule has 3 aromatic rings. The van der Waals surface area contributed by atoms with Crippen LogP contribution in [-0.2, 0) is 14.3 Å². The predicted octanol–water partition coefficient (Wildman–Crippen LogP) is 8.57. The molecule has 0 saturated heterocycles. The molecule has 0 heterocycles. The van der Waals surface area contributed by atoms with Crippen molar-refractivity contribution in [2.24, 2.45) is 5.92 Å². The number of hydrogen-bond acceptors (Lipinski definition) is 4. The van der Waals surface area contributed by atoms with Crippen LogP contribution in [0.5, 0.6) is 0 Å². The van der Waals surface area contributed by atoms with Crippen molar-refractivity contribution >= 4 is 92.8 Å². The minimum absolute atomic E-state index is 0.0830. The van der Waals surface area contributed by atoms with Gasteiger partial charge >= 0.3 is 6.36 Å². The molecule has 3 amide bonds. The van der Waals surface area contributed by atoms with Gasteiger partial charge < -0.3 is 16.0 Å². The maximum absolute atomic E-state index is 15.1. The van der Waals surface area contributed by atoms with E-state index in [9.17, 15) is 31.9 Å². The summed E-state index contributed by atoms with van der Waals surface area (Å²) in [6.07, 6.45) is -7.33. The number of carbonyl (C=O) groups is 3. The molecular weight excluding hydrogens is 703 g/mol. The molecule has 3 atom stereocenters. The third-order valence-electron chi connectivity index (χ3n) is 6.38. The highest BCUT2D eigenvalue weighted by Gasteiger charge is 2.67. The molecule has 0 aliphatic heterocycles. The number of carbonyl (C=O) groups excluding carboxylic acids is 3. The summed E-state index contributed by atoms with van der Waals surface area (Å²) in [7, 11) is 0. The standard InChI is InChI=1S/C27H17Cl5F5N3O4/c1-10(44-27(35,36)37)23(41)40-22-17(33)6-7-18(21(22)34)39-24(42)13-9-12(3-5-14(13)28)38-25(43)20-19(26(20,31)32)11-2-4-15(29)16(30)8-11/h2-10,19-20H,1H3,(H,38,43)(H,39,42)(H,40,41)/t10?,19-,20+/m0/s1. The van der Waals surface area contributed by atoms with Crippen molar-refractivity contribution in [2.75, 3.05) is 16.0 Å². The van der Waals surface area contributed by atoms with Gasteiger partial charge in [-0.1, -0.05) is 40.9 Å². The Hall–Kier alpha value is -2.87. The summed E-state index contributed by atoms with van der Waals surface area (Å²) >= 11 is 30.9.